The average molecular weight is 488 g/mol. The van der Waals surface area contributed by atoms with E-state index in [-0.39, 0.29) is 92.9 Å². The summed E-state index contributed by atoms with van der Waals surface area (Å²) in [5.74, 6) is 0. The van der Waals surface area contributed by atoms with Crippen molar-refractivity contribution in [3.05, 3.63) is 0 Å². The molecule has 0 atom stereocenters. The number of hydrogen-bond acceptors (Lipinski definition) is 0. The van der Waals surface area contributed by atoms with Gasteiger partial charge in [0.2, 0.25) is 0 Å². The Bertz CT molecular complexity index is 11.6. The third-order valence-electron chi connectivity index (χ3n) is 0. The van der Waals surface area contributed by atoms with E-state index in [4.69, 9.17) is 0 Å². The quantitative estimate of drug-likeness (QED) is 0.392. The standard InChI is InChI=1S/Cd.Ni.Pb.Pd.2H/p+1. The minimum atomic E-state index is 0. The second kappa shape index (κ2) is 16.7. The van der Waals surface area contributed by atoms with Gasteiger partial charge in [-0.2, -0.15) is 0 Å². The molecule has 4 heavy (non-hydrogen) atoms. The van der Waals surface area contributed by atoms with Crippen molar-refractivity contribution in [2.45, 2.75) is 0 Å². The van der Waals surface area contributed by atoms with Crippen LogP contribution in [-0.2, 0) is 64.2 Å². The molecule has 0 N–H and O–H groups in total. The van der Waals surface area contributed by atoms with Gasteiger partial charge in [-0.25, -0.2) is 0 Å². The molecule has 4 heteroatoms. The topological polar surface area (TPSA) is 0 Å². The van der Waals surface area contributed by atoms with Gasteiger partial charge in [0.15, 0.2) is 0 Å². The first-order valence-electron chi connectivity index (χ1n) is 0. The Morgan fingerprint density at radius 2 is 1.25 bits per heavy atom. The summed E-state index contributed by atoms with van der Waals surface area (Å²) in [6.07, 6.45) is 0. The van der Waals surface area contributed by atoms with Crippen molar-refractivity contribution in [1.29, 1.82) is 0 Å². The van der Waals surface area contributed by atoms with Gasteiger partial charge in [0, 0.05) is 64.2 Å². The van der Waals surface area contributed by atoms with E-state index in [2.05, 4.69) is 0 Å². The van der Waals surface area contributed by atoms with Crippen LogP contribution in [0.4, 0.5) is 0 Å². The Labute approximate surface area is 91.2 Å². The van der Waals surface area contributed by atoms with E-state index in [0.29, 0.717) is 0 Å². The molecule has 0 unspecified atom stereocenters. The van der Waals surface area contributed by atoms with Gasteiger partial charge in [-0.15, -0.1) is 0 Å². The van der Waals surface area contributed by atoms with E-state index in [1.165, 1.54) is 0 Å². The molecule has 0 amide bonds. The Hall–Kier alpha value is 3.00. The summed E-state index contributed by atoms with van der Waals surface area (Å²) in [6.45, 7) is 0. The van der Waals surface area contributed by atoms with Crippen molar-refractivity contribution in [2.24, 2.45) is 0 Å². The maximum absolute atomic E-state index is 0. The number of rotatable bonds is 0. The second-order valence-electron chi connectivity index (χ2n) is 0. The molecule has 0 aromatic rings. The maximum atomic E-state index is 0. The van der Waals surface area contributed by atoms with Gasteiger partial charge in [0.05, 0.1) is 0 Å². The molecule has 0 saturated carbocycles. The van der Waals surface area contributed by atoms with Gasteiger partial charge in [-0.05, 0) is 0 Å². The summed E-state index contributed by atoms with van der Waals surface area (Å²) in [5, 5.41) is 0. The zero-order chi connectivity index (χ0) is 0. The van der Waals surface area contributed by atoms with Crippen LogP contribution in [0, 0.1) is 0 Å². The molecule has 0 aliphatic carbocycles. The predicted octanol–water partition coefficient (Wildman–Crippen LogP) is -0.811. The van der Waals surface area contributed by atoms with Crippen molar-refractivity contribution >= 4 is 27.3 Å². The van der Waals surface area contributed by atoms with E-state index >= 15 is 0 Å². The molecular formula is H3CdNiPbPd+. The van der Waals surface area contributed by atoms with Gasteiger partial charge >= 0.3 is 28.7 Å². The summed E-state index contributed by atoms with van der Waals surface area (Å²) >= 11 is 0. The Balaban J connectivity index is 0. The zero-order valence-corrected chi connectivity index (χ0v) is 14.1. The normalized spacial score (nSPS) is 0. The van der Waals surface area contributed by atoms with Crippen LogP contribution in [-0.4, -0.2) is 27.3 Å². The zero-order valence-electron chi connectivity index (χ0n) is 3.05. The van der Waals surface area contributed by atoms with Crippen LogP contribution in [0.3, 0.4) is 0 Å². The summed E-state index contributed by atoms with van der Waals surface area (Å²) in [7, 11) is 0. The van der Waals surface area contributed by atoms with Gasteiger partial charge in [0.25, 0.3) is 0 Å². The van der Waals surface area contributed by atoms with Gasteiger partial charge < -0.3 is 0 Å². The molecule has 0 bridgehead atoms. The van der Waals surface area contributed by atoms with Crippen LogP contribution in [0.5, 0.6) is 0 Å². The van der Waals surface area contributed by atoms with Crippen LogP contribution in [0.2, 0.25) is 0 Å². The largest absolute Gasteiger partial charge is 0 e. The van der Waals surface area contributed by atoms with Crippen molar-refractivity contribution < 1.29 is 65.6 Å². The third kappa shape index (κ3) is 8.89. The monoisotopic (exact) mass is 489 g/mol. The molecule has 0 rings (SSSR count). The smallest absolute Gasteiger partial charge is 0 e. The van der Waals surface area contributed by atoms with Crippen LogP contribution in [0.1, 0.15) is 1.43 Å². The summed E-state index contributed by atoms with van der Waals surface area (Å²) in [5.41, 5.74) is 0. The third-order valence-corrected chi connectivity index (χ3v) is 0. The average Bonchev–Trinajstić information content (AvgIpc) is 0. The van der Waals surface area contributed by atoms with Crippen molar-refractivity contribution in [2.75, 3.05) is 0 Å². The Kier molecular flexibility index (Phi) is 117. The van der Waals surface area contributed by atoms with Crippen LogP contribution >= 0.6 is 0 Å². The van der Waals surface area contributed by atoms with Gasteiger partial charge in [-0.3, -0.25) is 0 Å². The van der Waals surface area contributed by atoms with Crippen molar-refractivity contribution in [1.82, 2.24) is 0 Å². The summed E-state index contributed by atoms with van der Waals surface area (Å²) in [4.78, 5) is 0. The van der Waals surface area contributed by atoms with E-state index in [1.54, 1.807) is 0 Å². The van der Waals surface area contributed by atoms with E-state index < -0.39 is 0 Å². The van der Waals surface area contributed by atoms with E-state index in [1.807, 2.05) is 0 Å². The van der Waals surface area contributed by atoms with Crippen LogP contribution in [0.25, 0.3) is 0 Å². The molecule has 0 heterocycles. The predicted molar refractivity (Wildman–Crippen MR) is 9.66 cm³/mol. The van der Waals surface area contributed by atoms with Crippen LogP contribution < -0.4 is 0 Å². The first-order valence-corrected chi connectivity index (χ1v) is 0. The van der Waals surface area contributed by atoms with E-state index in [9.17, 15) is 0 Å². The molecule has 0 saturated heterocycles. The molecule has 0 spiro atoms. The minimum Gasteiger partial charge on any atom is 0 e. The maximum Gasteiger partial charge on any atom is 0 e. The SMILES string of the molecule is [Cd].[H+].[Ni].[PbH2].[Pd]. The first kappa shape index (κ1) is 28.0. The summed E-state index contributed by atoms with van der Waals surface area (Å²) in [6, 6.07) is 0. The fraction of sp³-hybridized carbons (Fsp3) is 0. The Morgan fingerprint density at radius 3 is 1.25 bits per heavy atom. The fourth-order valence-electron chi connectivity index (χ4n) is 0. The van der Waals surface area contributed by atoms with Gasteiger partial charge in [0.1, 0.15) is 0 Å². The summed E-state index contributed by atoms with van der Waals surface area (Å²) < 4.78 is 0. The molecule has 0 fully saturated rings. The molecule has 0 aromatic carbocycles. The van der Waals surface area contributed by atoms with Crippen molar-refractivity contribution in [3.63, 3.8) is 0 Å². The van der Waals surface area contributed by atoms with Crippen LogP contribution in [0.15, 0.2) is 0 Å². The number of hydrogen-bond donors (Lipinski definition) is 0. The first-order chi connectivity index (χ1) is 0. The molecule has 0 aliphatic heterocycles. The molecule has 0 nitrogen and oxygen atoms in total. The molecular weight excluding hydrogens is 485 g/mol. The molecule has 0 aliphatic rings. The van der Waals surface area contributed by atoms with Crippen molar-refractivity contribution in [3.8, 4) is 0 Å². The molecule has 0 aromatic heterocycles. The van der Waals surface area contributed by atoms with Gasteiger partial charge in [-0.1, -0.05) is 0 Å². The Morgan fingerprint density at radius 1 is 1.25 bits per heavy atom. The second-order valence-corrected chi connectivity index (χ2v) is 0. The molecule has 28 valence electrons. The fourth-order valence-corrected chi connectivity index (χ4v) is 0. The van der Waals surface area contributed by atoms with E-state index in [0.717, 1.165) is 0 Å². The molecule has 2 radical (unpaired) electrons. The minimum absolute atomic E-state index is 0.